The molecule has 2 aromatic carbocycles. The second-order valence-corrected chi connectivity index (χ2v) is 7.82. The number of piperidine rings is 1. The normalized spacial score (nSPS) is 17.2. The molecule has 0 radical (unpaired) electrons. The van der Waals surface area contributed by atoms with E-state index in [4.69, 9.17) is 27.9 Å². The van der Waals surface area contributed by atoms with Crippen molar-refractivity contribution >= 4 is 23.2 Å². The average Bonchev–Trinajstić information content (AvgIpc) is 2.63. The summed E-state index contributed by atoms with van der Waals surface area (Å²) in [5, 5.41) is 11.3. The molecule has 2 aromatic rings. The van der Waals surface area contributed by atoms with E-state index in [1.807, 2.05) is 0 Å². The summed E-state index contributed by atoms with van der Waals surface area (Å²) in [6.45, 7) is 2.90. The lowest BCUT2D eigenvalue weighted by molar-refractivity contribution is 0.0551. The maximum atomic E-state index is 10.3. The number of aliphatic hydroxyl groups is 1. The molecule has 0 spiro atoms. The molecule has 3 rings (SSSR count). The highest BCUT2D eigenvalue weighted by molar-refractivity contribution is 6.35. The van der Waals surface area contributed by atoms with E-state index in [0.717, 1.165) is 25.4 Å². The van der Waals surface area contributed by atoms with Gasteiger partial charge in [0.2, 0.25) is 0 Å². The molecule has 5 heteroatoms. The van der Waals surface area contributed by atoms with Crippen LogP contribution < -0.4 is 4.74 Å². The number of hydrogen-bond donors (Lipinski definition) is 1. The molecule has 26 heavy (non-hydrogen) atoms. The number of nitrogens with zero attached hydrogens (tertiary/aromatic N) is 1. The van der Waals surface area contributed by atoms with Gasteiger partial charge in [0.15, 0.2) is 0 Å². The van der Waals surface area contributed by atoms with Crippen molar-refractivity contribution in [1.82, 2.24) is 4.90 Å². The van der Waals surface area contributed by atoms with Crippen molar-refractivity contribution in [2.75, 3.05) is 26.2 Å². The van der Waals surface area contributed by atoms with Crippen LogP contribution in [-0.2, 0) is 6.42 Å². The van der Waals surface area contributed by atoms with E-state index in [1.54, 1.807) is 18.2 Å². The van der Waals surface area contributed by atoms with Crippen LogP contribution in [0.5, 0.6) is 5.75 Å². The molecular weight excluding hydrogens is 369 g/mol. The van der Waals surface area contributed by atoms with Gasteiger partial charge in [0.25, 0.3) is 0 Å². The number of hydrogen-bond acceptors (Lipinski definition) is 3. The van der Waals surface area contributed by atoms with Gasteiger partial charge in [-0.15, -0.1) is 0 Å². The highest BCUT2D eigenvalue weighted by atomic mass is 35.5. The largest absolute Gasteiger partial charge is 0.489 e. The standard InChI is InChI=1S/C21H25Cl2NO2/c22-18-6-7-21(20(23)13-18)26-15-19(25)14-24-10-8-17(9-11-24)12-16-4-2-1-3-5-16/h1-7,13,17,19,25H,8-12,14-15H2. The SMILES string of the molecule is OC(COc1ccc(Cl)cc1Cl)CN1CCC(Cc2ccccc2)CC1. The summed E-state index contributed by atoms with van der Waals surface area (Å²) in [7, 11) is 0. The zero-order chi connectivity index (χ0) is 18.4. The third kappa shape index (κ3) is 5.88. The van der Waals surface area contributed by atoms with Crippen molar-refractivity contribution in [3.8, 4) is 5.75 Å². The minimum Gasteiger partial charge on any atom is -0.489 e. The molecule has 3 nitrogen and oxygen atoms in total. The molecule has 1 fully saturated rings. The third-order valence-corrected chi connectivity index (χ3v) is 5.40. The van der Waals surface area contributed by atoms with Gasteiger partial charge in [0.05, 0.1) is 5.02 Å². The van der Waals surface area contributed by atoms with Crippen LogP contribution in [0.4, 0.5) is 0 Å². The quantitative estimate of drug-likeness (QED) is 0.740. The van der Waals surface area contributed by atoms with Gasteiger partial charge in [-0.1, -0.05) is 53.5 Å². The van der Waals surface area contributed by atoms with Crippen molar-refractivity contribution in [1.29, 1.82) is 0 Å². The molecule has 1 aliphatic heterocycles. The number of β-amino-alcohol motifs (C(OH)–C–C–N with tert-alkyl or cyclic N) is 1. The lowest BCUT2D eigenvalue weighted by Crippen LogP contribution is -2.41. The molecule has 0 aromatic heterocycles. The van der Waals surface area contributed by atoms with Crippen LogP contribution in [0.2, 0.25) is 10.0 Å². The van der Waals surface area contributed by atoms with Crippen molar-refractivity contribution in [2.45, 2.75) is 25.4 Å². The van der Waals surface area contributed by atoms with E-state index in [-0.39, 0.29) is 6.61 Å². The van der Waals surface area contributed by atoms with E-state index in [9.17, 15) is 5.11 Å². The van der Waals surface area contributed by atoms with Gasteiger partial charge in [-0.2, -0.15) is 0 Å². The molecule has 0 aliphatic carbocycles. The van der Waals surface area contributed by atoms with Crippen LogP contribution in [0.1, 0.15) is 18.4 Å². The number of ether oxygens (including phenoxy) is 1. The minimum atomic E-state index is -0.535. The average molecular weight is 394 g/mol. The number of benzene rings is 2. The predicted molar refractivity (Wildman–Crippen MR) is 107 cm³/mol. The first-order valence-corrected chi connectivity index (χ1v) is 9.88. The molecule has 1 saturated heterocycles. The topological polar surface area (TPSA) is 32.7 Å². The maximum Gasteiger partial charge on any atom is 0.138 e. The summed E-state index contributed by atoms with van der Waals surface area (Å²) >= 11 is 12.0. The van der Waals surface area contributed by atoms with Crippen LogP contribution in [0.3, 0.4) is 0 Å². The summed E-state index contributed by atoms with van der Waals surface area (Å²) in [6.07, 6.45) is 2.96. The Balaban J connectivity index is 1.38. The van der Waals surface area contributed by atoms with Crippen molar-refractivity contribution < 1.29 is 9.84 Å². The first-order valence-electron chi connectivity index (χ1n) is 9.12. The second-order valence-electron chi connectivity index (χ2n) is 6.97. The molecule has 0 bridgehead atoms. The minimum absolute atomic E-state index is 0.227. The molecule has 1 atom stereocenters. The Morgan fingerprint density at radius 1 is 1.08 bits per heavy atom. The molecule has 0 saturated carbocycles. The summed E-state index contributed by atoms with van der Waals surface area (Å²) in [5.74, 6) is 1.28. The van der Waals surface area contributed by atoms with Gasteiger partial charge in [-0.25, -0.2) is 0 Å². The monoisotopic (exact) mass is 393 g/mol. The molecule has 140 valence electrons. The summed E-state index contributed by atoms with van der Waals surface area (Å²) < 4.78 is 5.63. The fourth-order valence-electron chi connectivity index (χ4n) is 3.45. The van der Waals surface area contributed by atoms with Gasteiger partial charge in [-0.3, -0.25) is 0 Å². The molecular formula is C21H25Cl2NO2. The highest BCUT2D eigenvalue weighted by Gasteiger charge is 2.21. The number of likely N-dealkylation sites (tertiary alicyclic amines) is 1. The van der Waals surface area contributed by atoms with E-state index in [2.05, 4.69) is 35.2 Å². The van der Waals surface area contributed by atoms with Crippen molar-refractivity contribution in [3.63, 3.8) is 0 Å². The van der Waals surface area contributed by atoms with Crippen LogP contribution in [-0.4, -0.2) is 42.4 Å². The third-order valence-electron chi connectivity index (χ3n) is 4.87. The van der Waals surface area contributed by atoms with Gasteiger partial charge in [-0.05, 0) is 62.0 Å². The van der Waals surface area contributed by atoms with E-state index in [0.29, 0.717) is 22.3 Å². The molecule has 1 unspecified atom stereocenters. The van der Waals surface area contributed by atoms with Crippen LogP contribution in [0.25, 0.3) is 0 Å². The first-order chi connectivity index (χ1) is 12.6. The zero-order valence-corrected chi connectivity index (χ0v) is 16.3. The molecule has 0 amide bonds. The van der Waals surface area contributed by atoms with E-state index in [1.165, 1.54) is 18.4 Å². The predicted octanol–water partition coefficient (Wildman–Crippen LogP) is 4.69. The first kappa shape index (κ1) is 19.5. The molecule has 1 N–H and O–H groups in total. The van der Waals surface area contributed by atoms with Crippen LogP contribution in [0.15, 0.2) is 48.5 Å². The van der Waals surface area contributed by atoms with E-state index >= 15 is 0 Å². The Labute approximate surface area is 165 Å². The van der Waals surface area contributed by atoms with Gasteiger partial charge < -0.3 is 14.7 Å². The number of aliphatic hydroxyl groups excluding tert-OH is 1. The molecule has 1 aliphatic rings. The lowest BCUT2D eigenvalue weighted by atomic mass is 9.90. The lowest BCUT2D eigenvalue weighted by Gasteiger charge is -2.33. The Morgan fingerprint density at radius 3 is 2.50 bits per heavy atom. The Bertz CT molecular complexity index is 688. The van der Waals surface area contributed by atoms with Crippen molar-refractivity contribution in [2.24, 2.45) is 5.92 Å². The van der Waals surface area contributed by atoms with E-state index < -0.39 is 6.10 Å². The maximum absolute atomic E-state index is 10.3. The number of rotatable bonds is 7. The van der Waals surface area contributed by atoms with Crippen LogP contribution in [0, 0.1) is 5.92 Å². The Morgan fingerprint density at radius 2 is 1.81 bits per heavy atom. The second kappa shape index (κ2) is 9.61. The summed E-state index contributed by atoms with van der Waals surface area (Å²) in [4.78, 5) is 2.32. The van der Waals surface area contributed by atoms with Gasteiger partial charge in [0, 0.05) is 11.6 Å². The summed E-state index contributed by atoms with van der Waals surface area (Å²) in [5.41, 5.74) is 1.42. The fourth-order valence-corrected chi connectivity index (χ4v) is 3.91. The number of halogens is 2. The highest BCUT2D eigenvalue weighted by Crippen LogP contribution is 2.27. The fraction of sp³-hybridized carbons (Fsp3) is 0.429. The van der Waals surface area contributed by atoms with Crippen LogP contribution >= 0.6 is 23.2 Å². The van der Waals surface area contributed by atoms with Gasteiger partial charge in [0.1, 0.15) is 18.5 Å². The molecule has 1 heterocycles. The van der Waals surface area contributed by atoms with Crippen molar-refractivity contribution in [3.05, 3.63) is 64.1 Å². The van der Waals surface area contributed by atoms with Gasteiger partial charge >= 0.3 is 0 Å². The zero-order valence-electron chi connectivity index (χ0n) is 14.8. The smallest absolute Gasteiger partial charge is 0.138 e. The Hall–Kier alpha value is -1.26. The summed E-state index contributed by atoms with van der Waals surface area (Å²) in [6, 6.07) is 15.8. The Kier molecular flexibility index (Phi) is 7.21.